The number of halogens is 1. The van der Waals surface area contributed by atoms with Crippen molar-refractivity contribution >= 4 is 17.5 Å². The molecule has 1 aromatic heterocycles. The van der Waals surface area contributed by atoms with Gasteiger partial charge < -0.3 is 4.90 Å². The van der Waals surface area contributed by atoms with E-state index >= 15 is 0 Å². The number of aryl methyl sites for hydroxylation is 1. The maximum absolute atomic E-state index is 12.9. The minimum Gasteiger partial charge on any atom is -0.339 e. The summed E-state index contributed by atoms with van der Waals surface area (Å²) in [6.07, 6.45) is 2.16. The number of rotatable bonds is 3. The third-order valence-corrected chi connectivity index (χ3v) is 5.31. The van der Waals surface area contributed by atoms with Gasteiger partial charge in [-0.15, -0.1) is 0 Å². The van der Waals surface area contributed by atoms with Crippen molar-refractivity contribution in [3.63, 3.8) is 0 Å². The second kappa shape index (κ2) is 6.98. The summed E-state index contributed by atoms with van der Waals surface area (Å²) in [4.78, 5) is 14.9. The Bertz CT molecular complexity index is 745. The summed E-state index contributed by atoms with van der Waals surface area (Å²) in [5, 5.41) is 5.31. The van der Waals surface area contributed by atoms with E-state index in [9.17, 15) is 4.79 Å². The summed E-state index contributed by atoms with van der Waals surface area (Å²) in [7, 11) is 0. The highest BCUT2D eigenvalue weighted by atomic mass is 35.5. The molecule has 1 fully saturated rings. The van der Waals surface area contributed by atoms with Crippen LogP contribution in [0.5, 0.6) is 0 Å². The van der Waals surface area contributed by atoms with Gasteiger partial charge in [-0.1, -0.05) is 36.7 Å². The second-order valence-corrected chi connectivity index (χ2v) is 7.18. The van der Waals surface area contributed by atoms with E-state index in [4.69, 9.17) is 11.6 Å². The third kappa shape index (κ3) is 3.34. The van der Waals surface area contributed by atoms with Crippen molar-refractivity contribution in [1.82, 2.24) is 14.7 Å². The van der Waals surface area contributed by atoms with Gasteiger partial charge in [-0.3, -0.25) is 9.48 Å². The minimum atomic E-state index is 0.113. The maximum atomic E-state index is 12.9. The summed E-state index contributed by atoms with van der Waals surface area (Å²) in [5.74, 6) is 0.821. The van der Waals surface area contributed by atoms with Crippen molar-refractivity contribution in [2.75, 3.05) is 13.1 Å². The number of carbonyl (C=O) groups is 1. The van der Waals surface area contributed by atoms with Gasteiger partial charge >= 0.3 is 0 Å². The van der Waals surface area contributed by atoms with Crippen LogP contribution in [0.1, 0.15) is 47.1 Å². The first-order chi connectivity index (χ1) is 11.5. The Kier molecular flexibility index (Phi) is 4.95. The molecule has 0 atom stereocenters. The maximum Gasteiger partial charge on any atom is 0.257 e. The Labute approximate surface area is 148 Å². The van der Waals surface area contributed by atoms with E-state index in [1.807, 2.05) is 47.7 Å². The fraction of sp³-hybridized carbons (Fsp3) is 0.474. The molecule has 1 saturated heterocycles. The van der Waals surface area contributed by atoms with Gasteiger partial charge in [0, 0.05) is 23.8 Å². The van der Waals surface area contributed by atoms with Gasteiger partial charge in [0.2, 0.25) is 0 Å². The quantitative estimate of drug-likeness (QED) is 0.840. The van der Waals surface area contributed by atoms with Crippen molar-refractivity contribution in [2.24, 2.45) is 5.92 Å². The first kappa shape index (κ1) is 17.0. The lowest BCUT2D eigenvalue weighted by Crippen LogP contribution is -2.38. The molecule has 5 heteroatoms. The van der Waals surface area contributed by atoms with Crippen LogP contribution in [0.3, 0.4) is 0 Å². The molecule has 1 amide bonds. The molecule has 0 saturated carbocycles. The van der Waals surface area contributed by atoms with Crippen LogP contribution in [0.25, 0.3) is 0 Å². The van der Waals surface area contributed by atoms with Gasteiger partial charge in [0.05, 0.1) is 17.8 Å². The van der Waals surface area contributed by atoms with Crippen LogP contribution in [-0.2, 0) is 6.54 Å². The van der Waals surface area contributed by atoms with Crippen molar-refractivity contribution in [2.45, 2.75) is 40.2 Å². The fourth-order valence-corrected chi connectivity index (χ4v) is 3.51. The molecule has 0 N–H and O–H groups in total. The smallest absolute Gasteiger partial charge is 0.257 e. The summed E-state index contributed by atoms with van der Waals surface area (Å²) < 4.78 is 1.89. The summed E-state index contributed by atoms with van der Waals surface area (Å²) in [6.45, 7) is 8.40. The molecule has 2 aromatic rings. The van der Waals surface area contributed by atoms with Crippen LogP contribution in [0.2, 0.25) is 5.02 Å². The topological polar surface area (TPSA) is 38.1 Å². The Balaban J connectivity index is 1.84. The predicted molar refractivity (Wildman–Crippen MR) is 96.6 cm³/mol. The molecule has 0 radical (unpaired) electrons. The first-order valence-corrected chi connectivity index (χ1v) is 8.92. The molecule has 1 aliphatic rings. The lowest BCUT2D eigenvalue weighted by atomic mass is 9.98. The normalized spacial score (nSPS) is 15.8. The van der Waals surface area contributed by atoms with E-state index in [1.165, 1.54) is 0 Å². The van der Waals surface area contributed by atoms with E-state index in [1.54, 1.807) is 0 Å². The molecule has 0 spiro atoms. The van der Waals surface area contributed by atoms with Crippen LogP contribution < -0.4 is 0 Å². The Hall–Kier alpha value is -1.81. The lowest BCUT2D eigenvalue weighted by Gasteiger charge is -2.30. The van der Waals surface area contributed by atoms with E-state index in [-0.39, 0.29) is 5.91 Å². The molecule has 2 heterocycles. The molecular weight excluding hydrogens is 322 g/mol. The molecule has 0 unspecified atom stereocenters. The molecule has 0 bridgehead atoms. The van der Waals surface area contributed by atoms with E-state index in [2.05, 4.69) is 12.0 Å². The highest BCUT2D eigenvalue weighted by Gasteiger charge is 2.26. The predicted octanol–water partition coefficient (Wildman–Crippen LogP) is 4.07. The molecule has 128 valence electrons. The Morgan fingerprint density at radius 3 is 2.58 bits per heavy atom. The zero-order chi connectivity index (χ0) is 17.3. The van der Waals surface area contributed by atoms with Gasteiger partial charge in [0.15, 0.2) is 0 Å². The number of hydrogen-bond acceptors (Lipinski definition) is 2. The number of likely N-dealkylation sites (tertiary alicyclic amines) is 1. The van der Waals surface area contributed by atoms with Crippen LogP contribution in [0.4, 0.5) is 0 Å². The van der Waals surface area contributed by atoms with Gasteiger partial charge in [-0.05, 0) is 44.2 Å². The Morgan fingerprint density at radius 1 is 1.25 bits per heavy atom. The highest BCUT2D eigenvalue weighted by Crippen LogP contribution is 2.23. The monoisotopic (exact) mass is 345 g/mol. The molecule has 0 aliphatic carbocycles. The van der Waals surface area contributed by atoms with Gasteiger partial charge in [-0.2, -0.15) is 5.10 Å². The van der Waals surface area contributed by atoms with Crippen molar-refractivity contribution in [3.8, 4) is 0 Å². The van der Waals surface area contributed by atoms with Crippen LogP contribution >= 0.6 is 11.6 Å². The van der Waals surface area contributed by atoms with E-state index < -0.39 is 0 Å². The SMILES string of the molecule is Cc1nn(Cc2ccccc2Cl)c(C)c1C(=O)N1CCC(C)CC1. The highest BCUT2D eigenvalue weighted by molar-refractivity contribution is 6.31. The van der Waals surface area contributed by atoms with Gasteiger partial charge in [-0.25, -0.2) is 0 Å². The third-order valence-electron chi connectivity index (χ3n) is 4.94. The molecule has 1 aromatic carbocycles. The summed E-state index contributed by atoms with van der Waals surface area (Å²) in [5.41, 5.74) is 3.46. The average Bonchev–Trinajstić information content (AvgIpc) is 2.84. The number of aromatic nitrogens is 2. The van der Waals surface area contributed by atoms with E-state index in [0.29, 0.717) is 12.5 Å². The average molecular weight is 346 g/mol. The molecule has 4 nitrogen and oxygen atoms in total. The summed E-state index contributed by atoms with van der Waals surface area (Å²) >= 11 is 6.25. The van der Waals surface area contributed by atoms with Crippen molar-refractivity contribution < 1.29 is 4.79 Å². The number of benzene rings is 1. The lowest BCUT2D eigenvalue weighted by molar-refractivity contribution is 0.0695. The standard InChI is InChI=1S/C19H24ClN3O/c1-13-8-10-22(11-9-13)19(24)18-14(2)21-23(15(18)3)12-16-6-4-5-7-17(16)20/h4-7,13H,8-12H2,1-3H3. The van der Waals surface area contributed by atoms with Gasteiger partial charge in [0.1, 0.15) is 0 Å². The van der Waals surface area contributed by atoms with Crippen LogP contribution in [0, 0.1) is 19.8 Å². The molecule has 24 heavy (non-hydrogen) atoms. The van der Waals surface area contributed by atoms with Crippen LogP contribution in [-0.4, -0.2) is 33.7 Å². The second-order valence-electron chi connectivity index (χ2n) is 6.77. The molecule has 1 aliphatic heterocycles. The zero-order valence-electron chi connectivity index (χ0n) is 14.6. The molecular formula is C19H24ClN3O. The number of carbonyl (C=O) groups excluding carboxylic acids is 1. The largest absolute Gasteiger partial charge is 0.339 e. The van der Waals surface area contributed by atoms with E-state index in [0.717, 1.165) is 53.5 Å². The summed E-state index contributed by atoms with van der Waals surface area (Å²) in [6, 6.07) is 7.75. The number of amides is 1. The Morgan fingerprint density at radius 2 is 1.92 bits per heavy atom. The fourth-order valence-electron chi connectivity index (χ4n) is 3.32. The molecule has 3 rings (SSSR count). The van der Waals surface area contributed by atoms with Gasteiger partial charge in [0.25, 0.3) is 5.91 Å². The van der Waals surface area contributed by atoms with Crippen molar-refractivity contribution in [3.05, 3.63) is 51.8 Å². The zero-order valence-corrected chi connectivity index (χ0v) is 15.3. The number of hydrogen-bond donors (Lipinski definition) is 0. The number of piperidine rings is 1. The van der Waals surface area contributed by atoms with Crippen molar-refractivity contribution in [1.29, 1.82) is 0 Å². The number of nitrogens with zero attached hydrogens (tertiary/aromatic N) is 3. The minimum absolute atomic E-state index is 0.113. The first-order valence-electron chi connectivity index (χ1n) is 8.54. The van der Waals surface area contributed by atoms with Crippen LogP contribution in [0.15, 0.2) is 24.3 Å².